The van der Waals surface area contributed by atoms with Crippen LogP contribution in [0.5, 0.6) is 0 Å². The van der Waals surface area contributed by atoms with Gasteiger partial charge >= 0.3 is 0 Å². The summed E-state index contributed by atoms with van der Waals surface area (Å²) in [6.07, 6.45) is 3.42. The van der Waals surface area contributed by atoms with Crippen LogP contribution in [0.4, 0.5) is 0 Å². The van der Waals surface area contributed by atoms with Gasteiger partial charge in [-0.3, -0.25) is 0 Å². The van der Waals surface area contributed by atoms with Gasteiger partial charge in [-0.05, 0) is 42.4 Å². The van der Waals surface area contributed by atoms with Crippen molar-refractivity contribution in [3.63, 3.8) is 0 Å². The first-order chi connectivity index (χ1) is 7.74. The highest BCUT2D eigenvalue weighted by molar-refractivity contribution is 6.30. The second kappa shape index (κ2) is 5.17. The summed E-state index contributed by atoms with van der Waals surface area (Å²) < 4.78 is 0. The van der Waals surface area contributed by atoms with Gasteiger partial charge in [0.2, 0.25) is 0 Å². The number of rotatable bonds is 6. The highest BCUT2D eigenvalue weighted by Gasteiger charge is 2.41. The molecule has 0 amide bonds. The summed E-state index contributed by atoms with van der Waals surface area (Å²) in [5, 5.41) is 13.2. The van der Waals surface area contributed by atoms with Gasteiger partial charge in [-0.2, -0.15) is 0 Å². The molecule has 2 nitrogen and oxygen atoms in total. The summed E-state index contributed by atoms with van der Waals surface area (Å²) in [6.45, 7) is 2.16. The average Bonchev–Trinajstić information content (AvgIpc) is 2.99. The molecular formula is C13H18ClNO. The van der Waals surface area contributed by atoms with Crippen LogP contribution in [0, 0.1) is 5.41 Å². The van der Waals surface area contributed by atoms with Crippen LogP contribution in [-0.2, 0) is 6.54 Å². The minimum atomic E-state index is 0.304. The fourth-order valence-electron chi connectivity index (χ4n) is 2.05. The Morgan fingerprint density at radius 2 is 2.19 bits per heavy atom. The summed E-state index contributed by atoms with van der Waals surface area (Å²) in [6, 6.07) is 7.92. The Morgan fingerprint density at radius 1 is 1.38 bits per heavy atom. The second-order valence-corrected chi connectivity index (χ2v) is 5.14. The lowest BCUT2D eigenvalue weighted by molar-refractivity contribution is 0.245. The Kier molecular flexibility index (Phi) is 3.85. The van der Waals surface area contributed by atoms with E-state index in [0.29, 0.717) is 12.0 Å². The molecule has 0 spiro atoms. The third-order valence-electron chi connectivity index (χ3n) is 3.32. The third-order valence-corrected chi connectivity index (χ3v) is 3.55. The van der Waals surface area contributed by atoms with Crippen molar-refractivity contribution >= 4 is 11.6 Å². The van der Waals surface area contributed by atoms with E-state index in [1.807, 2.05) is 18.2 Å². The monoisotopic (exact) mass is 239 g/mol. The number of aliphatic hydroxyl groups excluding tert-OH is 1. The Labute approximate surface area is 102 Å². The van der Waals surface area contributed by atoms with Crippen molar-refractivity contribution < 1.29 is 5.11 Å². The lowest BCUT2D eigenvalue weighted by Crippen LogP contribution is -2.24. The molecule has 0 heterocycles. The number of nitrogens with one attached hydrogen (secondary N) is 1. The largest absolute Gasteiger partial charge is 0.396 e. The molecule has 3 heteroatoms. The summed E-state index contributed by atoms with van der Waals surface area (Å²) in [4.78, 5) is 0. The zero-order valence-corrected chi connectivity index (χ0v) is 10.1. The molecule has 0 unspecified atom stereocenters. The SMILES string of the molecule is OCCC1(CNCc2cccc(Cl)c2)CC1. The zero-order valence-electron chi connectivity index (χ0n) is 9.38. The van der Waals surface area contributed by atoms with Crippen molar-refractivity contribution in [2.45, 2.75) is 25.8 Å². The van der Waals surface area contributed by atoms with Gasteiger partial charge < -0.3 is 10.4 Å². The molecule has 0 radical (unpaired) electrons. The van der Waals surface area contributed by atoms with Gasteiger partial charge in [0, 0.05) is 24.7 Å². The first-order valence-electron chi connectivity index (χ1n) is 5.80. The molecule has 1 aliphatic carbocycles. The van der Waals surface area contributed by atoms with Gasteiger partial charge in [0.25, 0.3) is 0 Å². The number of hydrogen-bond donors (Lipinski definition) is 2. The van der Waals surface area contributed by atoms with Gasteiger partial charge in [-0.25, -0.2) is 0 Å². The number of hydrogen-bond acceptors (Lipinski definition) is 2. The molecule has 0 aromatic heterocycles. The van der Waals surface area contributed by atoms with Crippen LogP contribution < -0.4 is 5.32 Å². The minimum absolute atomic E-state index is 0.304. The normalized spacial score (nSPS) is 17.4. The van der Waals surface area contributed by atoms with Gasteiger partial charge in [-0.1, -0.05) is 23.7 Å². The van der Waals surface area contributed by atoms with E-state index in [9.17, 15) is 0 Å². The van der Waals surface area contributed by atoms with E-state index in [1.165, 1.54) is 18.4 Å². The predicted octanol–water partition coefficient (Wildman–Crippen LogP) is 2.59. The highest BCUT2D eigenvalue weighted by atomic mass is 35.5. The number of halogens is 1. The molecule has 88 valence electrons. The van der Waals surface area contributed by atoms with E-state index in [0.717, 1.165) is 24.5 Å². The van der Waals surface area contributed by atoms with Gasteiger partial charge in [0.1, 0.15) is 0 Å². The van der Waals surface area contributed by atoms with E-state index in [4.69, 9.17) is 16.7 Å². The van der Waals surface area contributed by atoms with Crippen LogP contribution >= 0.6 is 11.6 Å². The topological polar surface area (TPSA) is 32.3 Å². The molecule has 2 N–H and O–H groups in total. The van der Waals surface area contributed by atoms with Crippen molar-refractivity contribution in [1.82, 2.24) is 5.32 Å². The Hall–Kier alpha value is -0.570. The Morgan fingerprint density at radius 3 is 2.81 bits per heavy atom. The molecule has 1 fully saturated rings. The lowest BCUT2D eigenvalue weighted by atomic mass is 10.0. The van der Waals surface area contributed by atoms with E-state index in [-0.39, 0.29) is 0 Å². The number of benzene rings is 1. The maximum Gasteiger partial charge on any atom is 0.0436 e. The van der Waals surface area contributed by atoms with Gasteiger partial charge in [-0.15, -0.1) is 0 Å². The van der Waals surface area contributed by atoms with Crippen LogP contribution in [0.25, 0.3) is 0 Å². The number of aliphatic hydroxyl groups is 1. The molecule has 16 heavy (non-hydrogen) atoms. The summed E-state index contributed by atoms with van der Waals surface area (Å²) in [5.41, 5.74) is 1.60. The molecule has 0 aliphatic heterocycles. The summed E-state index contributed by atoms with van der Waals surface area (Å²) in [5.74, 6) is 0. The third kappa shape index (κ3) is 3.21. The molecule has 1 aromatic rings. The van der Waals surface area contributed by atoms with Crippen LogP contribution in [0.2, 0.25) is 5.02 Å². The summed E-state index contributed by atoms with van der Waals surface area (Å²) in [7, 11) is 0. The van der Waals surface area contributed by atoms with Crippen LogP contribution in [0.1, 0.15) is 24.8 Å². The van der Waals surface area contributed by atoms with E-state index < -0.39 is 0 Å². The standard InChI is InChI=1S/C13H18ClNO/c14-12-3-1-2-11(8-12)9-15-10-13(4-5-13)6-7-16/h1-3,8,15-16H,4-7,9-10H2. The molecule has 0 bridgehead atoms. The predicted molar refractivity (Wildman–Crippen MR) is 66.5 cm³/mol. The molecule has 1 aliphatic rings. The molecule has 1 saturated carbocycles. The fraction of sp³-hybridized carbons (Fsp3) is 0.538. The van der Waals surface area contributed by atoms with Crippen LogP contribution in [-0.4, -0.2) is 18.3 Å². The minimum Gasteiger partial charge on any atom is -0.396 e. The van der Waals surface area contributed by atoms with Crippen molar-refractivity contribution in [1.29, 1.82) is 0 Å². The van der Waals surface area contributed by atoms with Crippen molar-refractivity contribution in [3.05, 3.63) is 34.9 Å². The highest BCUT2D eigenvalue weighted by Crippen LogP contribution is 2.47. The maximum absolute atomic E-state index is 8.95. The molecule has 0 saturated heterocycles. The molecule has 1 aromatic carbocycles. The first-order valence-corrected chi connectivity index (χ1v) is 6.18. The van der Waals surface area contributed by atoms with Gasteiger partial charge in [0.15, 0.2) is 0 Å². The van der Waals surface area contributed by atoms with E-state index in [1.54, 1.807) is 0 Å². The van der Waals surface area contributed by atoms with Gasteiger partial charge in [0.05, 0.1) is 0 Å². The first kappa shape index (κ1) is 11.9. The van der Waals surface area contributed by atoms with Crippen molar-refractivity contribution in [2.24, 2.45) is 5.41 Å². The van der Waals surface area contributed by atoms with Crippen LogP contribution in [0.3, 0.4) is 0 Å². The molecular weight excluding hydrogens is 222 g/mol. The summed E-state index contributed by atoms with van der Waals surface area (Å²) >= 11 is 5.91. The fourth-order valence-corrected chi connectivity index (χ4v) is 2.26. The lowest BCUT2D eigenvalue weighted by Gasteiger charge is -2.14. The second-order valence-electron chi connectivity index (χ2n) is 4.71. The Balaban J connectivity index is 1.76. The smallest absolute Gasteiger partial charge is 0.0436 e. The maximum atomic E-state index is 8.95. The quantitative estimate of drug-likeness (QED) is 0.800. The zero-order chi connectivity index (χ0) is 11.4. The Bertz CT molecular complexity index is 350. The van der Waals surface area contributed by atoms with Crippen molar-refractivity contribution in [2.75, 3.05) is 13.2 Å². The van der Waals surface area contributed by atoms with E-state index >= 15 is 0 Å². The van der Waals surface area contributed by atoms with E-state index in [2.05, 4.69) is 11.4 Å². The average molecular weight is 240 g/mol. The molecule has 2 rings (SSSR count). The van der Waals surface area contributed by atoms with Crippen molar-refractivity contribution in [3.8, 4) is 0 Å². The molecule has 0 atom stereocenters. The van der Waals surface area contributed by atoms with Crippen LogP contribution in [0.15, 0.2) is 24.3 Å².